The number of H-pyrrole nitrogens is 1. The Bertz CT molecular complexity index is 523. The van der Waals surface area contributed by atoms with Gasteiger partial charge in [0.15, 0.2) is 5.16 Å². The molecule has 0 aliphatic carbocycles. The molecule has 0 aliphatic heterocycles. The second-order valence-electron chi connectivity index (χ2n) is 2.14. The van der Waals surface area contributed by atoms with Gasteiger partial charge in [0, 0.05) is 0 Å². The van der Waals surface area contributed by atoms with Gasteiger partial charge in [-0.1, -0.05) is 5.16 Å². The highest BCUT2D eigenvalue weighted by molar-refractivity contribution is 5.57. The number of hydrogen-bond donors (Lipinski definition) is 1. The Hall–Kier alpha value is -2.56. The second kappa shape index (κ2) is 3.67. The van der Waals surface area contributed by atoms with Crippen LogP contribution in [0.3, 0.4) is 0 Å². The molecule has 0 bridgehead atoms. The predicted molar refractivity (Wildman–Crippen MR) is 40.7 cm³/mol. The highest BCUT2D eigenvalue weighted by Gasteiger charge is 2.26. The first kappa shape index (κ1) is 10.5. The number of hydrogen-bond acceptors (Lipinski definition) is 8. The molecule has 0 aliphatic rings. The summed E-state index contributed by atoms with van der Waals surface area (Å²) < 4.78 is 8.26. The van der Waals surface area contributed by atoms with E-state index in [-0.39, 0.29) is 17.0 Å². The Balaban J connectivity index is 0.00000112. The van der Waals surface area contributed by atoms with Gasteiger partial charge in [-0.25, -0.2) is 4.79 Å². The Labute approximate surface area is 79.1 Å². The van der Waals surface area contributed by atoms with Gasteiger partial charge in [0.05, 0.1) is 0 Å². The lowest BCUT2D eigenvalue weighted by molar-refractivity contribution is -0.390. The van der Waals surface area contributed by atoms with Gasteiger partial charge in [-0.15, -0.1) is 4.63 Å². The van der Waals surface area contributed by atoms with Gasteiger partial charge in [0.25, 0.3) is 5.69 Å². The Morgan fingerprint density at radius 3 is 2.60 bits per heavy atom. The molecule has 0 unspecified atom stereocenters. The predicted octanol–water partition coefficient (Wildman–Crippen LogP) is -1.50. The molecule has 0 saturated carbocycles. The first-order valence-corrected chi connectivity index (χ1v) is 3.22. The zero-order valence-corrected chi connectivity index (χ0v) is 6.83. The van der Waals surface area contributed by atoms with Crippen molar-refractivity contribution < 1.29 is 19.6 Å². The smallest absolute Gasteiger partial charge is 0.412 e. The molecule has 11 heteroatoms. The topological polar surface area (TPSA) is 172 Å². The first-order chi connectivity index (χ1) is 6.68. The fourth-order valence-corrected chi connectivity index (χ4v) is 0.785. The van der Waals surface area contributed by atoms with E-state index in [1.54, 1.807) is 0 Å². The van der Waals surface area contributed by atoms with Crippen LogP contribution in [0.15, 0.2) is 13.9 Å². The molecular weight excluding hydrogens is 214 g/mol. The second-order valence-corrected chi connectivity index (χ2v) is 2.14. The van der Waals surface area contributed by atoms with Crippen LogP contribution in [0, 0.1) is 10.1 Å². The third kappa shape index (κ3) is 1.71. The molecule has 0 spiro atoms. The van der Waals surface area contributed by atoms with Crippen LogP contribution in [-0.2, 0) is 0 Å². The third-order valence-corrected chi connectivity index (χ3v) is 1.31. The fraction of sp³-hybridized carbons (Fsp3) is 0. The molecule has 2 rings (SSSR count). The molecule has 11 nitrogen and oxygen atoms in total. The number of rotatable bonds is 2. The molecule has 80 valence electrons. The van der Waals surface area contributed by atoms with Crippen LogP contribution in [0.2, 0.25) is 0 Å². The minimum Gasteiger partial charge on any atom is -0.412 e. The number of nitro groups is 1. The standard InChI is InChI=1S/C4HN5O5.H2O/c10-4-5-2(7-13-4)1-3(9(11)12)8-14-6-1;/h(H,5,7,10);1H2. The molecule has 0 fully saturated rings. The van der Waals surface area contributed by atoms with E-state index in [2.05, 4.69) is 29.6 Å². The van der Waals surface area contributed by atoms with E-state index in [1.807, 2.05) is 0 Å². The van der Waals surface area contributed by atoms with E-state index in [9.17, 15) is 14.9 Å². The van der Waals surface area contributed by atoms with Crippen molar-refractivity contribution in [1.29, 1.82) is 0 Å². The molecule has 2 aromatic heterocycles. The van der Waals surface area contributed by atoms with Gasteiger partial charge in [-0.05, 0) is 10.1 Å². The number of nitrogens with one attached hydrogen (secondary N) is 1. The molecule has 0 saturated heterocycles. The van der Waals surface area contributed by atoms with E-state index in [0.29, 0.717) is 0 Å². The van der Waals surface area contributed by atoms with Crippen molar-refractivity contribution in [2.24, 2.45) is 0 Å². The molecule has 0 amide bonds. The lowest BCUT2D eigenvalue weighted by atomic mass is 10.4. The van der Waals surface area contributed by atoms with Crippen molar-refractivity contribution in [2.75, 3.05) is 0 Å². The van der Waals surface area contributed by atoms with Gasteiger partial charge in [0.1, 0.15) is 0 Å². The van der Waals surface area contributed by atoms with Crippen molar-refractivity contribution in [2.45, 2.75) is 0 Å². The van der Waals surface area contributed by atoms with Gasteiger partial charge in [-0.3, -0.25) is 9.51 Å². The lowest BCUT2D eigenvalue weighted by Gasteiger charge is -1.85. The maximum Gasteiger partial charge on any atom is 0.446 e. The minimum atomic E-state index is -0.850. The molecule has 0 radical (unpaired) electrons. The minimum absolute atomic E-state index is 0. The Kier molecular flexibility index (Phi) is 2.57. The largest absolute Gasteiger partial charge is 0.446 e. The van der Waals surface area contributed by atoms with Crippen LogP contribution < -0.4 is 5.76 Å². The van der Waals surface area contributed by atoms with Gasteiger partial charge in [0.2, 0.25) is 5.82 Å². The monoisotopic (exact) mass is 217 g/mol. The average molecular weight is 217 g/mol. The Morgan fingerprint density at radius 2 is 2.07 bits per heavy atom. The van der Waals surface area contributed by atoms with Gasteiger partial charge in [-0.2, -0.15) is 0 Å². The molecular formula is C4H3N5O6. The SMILES string of the molecule is O.O=c1[nH]c(-c2nonc2[N+](=O)[O-])no1. The quantitative estimate of drug-likeness (QED) is 0.466. The lowest BCUT2D eigenvalue weighted by Crippen LogP contribution is -1.96. The zero-order chi connectivity index (χ0) is 10.1. The first-order valence-electron chi connectivity index (χ1n) is 3.22. The van der Waals surface area contributed by atoms with Crippen LogP contribution >= 0.6 is 0 Å². The van der Waals surface area contributed by atoms with Crippen LogP contribution in [0.1, 0.15) is 0 Å². The molecule has 15 heavy (non-hydrogen) atoms. The summed E-state index contributed by atoms with van der Waals surface area (Å²) in [5, 5.41) is 19.8. The van der Waals surface area contributed by atoms with Crippen molar-refractivity contribution >= 4 is 5.82 Å². The van der Waals surface area contributed by atoms with E-state index in [0.717, 1.165) is 0 Å². The number of aromatic amines is 1. The van der Waals surface area contributed by atoms with E-state index >= 15 is 0 Å². The average Bonchev–Trinajstić information content (AvgIpc) is 2.70. The van der Waals surface area contributed by atoms with Gasteiger partial charge < -0.3 is 15.6 Å². The summed E-state index contributed by atoms with van der Waals surface area (Å²) in [7, 11) is 0. The zero-order valence-electron chi connectivity index (χ0n) is 6.83. The summed E-state index contributed by atoms with van der Waals surface area (Å²) >= 11 is 0. The van der Waals surface area contributed by atoms with Crippen molar-refractivity contribution in [3.05, 3.63) is 20.7 Å². The van der Waals surface area contributed by atoms with Crippen molar-refractivity contribution in [1.82, 2.24) is 20.5 Å². The normalized spacial score (nSPS) is 9.60. The highest BCUT2D eigenvalue weighted by Crippen LogP contribution is 2.20. The molecule has 0 atom stereocenters. The van der Waals surface area contributed by atoms with Gasteiger partial charge >= 0.3 is 11.6 Å². The van der Waals surface area contributed by atoms with Crippen LogP contribution in [-0.4, -0.2) is 30.9 Å². The number of nitrogens with zero attached hydrogens (tertiary/aromatic N) is 4. The van der Waals surface area contributed by atoms with Crippen LogP contribution in [0.25, 0.3) is 11.5 Å². The Morgan fingerprint density at radius 1 is 1.33 bits per heavy atom. The summed E-state index contributed by atoms with van der Waals surface area (Å²) in [5.74, 6) is -1.70. The summed E-state index contributed by atoms with van der Waals surface area (Å²) in [6.07, 6.45) is 0. The van der Waals surface area contributed by atoms with Crippen LogP contribution in [0.5, 0.6) is 0 Å². The maximum atomic E-state index is 10.5. The van der Waals surface area contributed by atoms with E-state index < -0.39 is 16.5 Å². The van der Waals surface area contributed by atoms with Crippen molar-refractivity contribution in [3.63, 3.8) is 0 Å². The summed E-state index contributed by atoms with van der Waals surface area (Å²) in [6, 6.07) is 0. The summed E-state index contributed by atoms with van der Waals surface area (Å²) in [6.45, 7) is 0. The summed E-state index contributed by atoms with van der Waals surface area (Å²) in [5.41, 5.74) is -0.291. The maximum absolute atomic E-state index is 10.5. The number of aromatic nitrogens is 4. The van der Waals surface area contributed by atoms with E-state index in [1.165, 1.54) is 0 Å². The molecule has 2 heterocycles. The van der Waals surface area contributed by atoms with Crippen LogP contribution in [0.4, 0.5) is 5.82 Å². The summed E-state index contributed by atoms with van der Waals surface area (Å²) in [4.78, 5) is 22.1. The highest BCUT2D eigenvalue weighted by atomic mass is 16.6. The third-order valence-electron chi connectivity index (χ3n) is 1.31. The molecule has 0 aromatic carbocycles. The molecule has 2 aromatic rings. The molecule has 3 N–H and O–H groups in total. The van der Waals surface area contributed by atoms with E-state index in [4.69, 9.17) is 0 Å². The van der Waals surface area contributed by atoms with Crippen molar-refractivity contribution in [3.8, 4) is 11.5 Å². The fourth-order valence-electron chi connectivity index (χ4n) is 0.785.